The first-order valence-electron chi connectivity index (χ1n) is 8.15. The molecule has 2 rings (SSSR count). The van der Waals surface area contributed by atoms with E-state index in [1.165, 1.54) is 47.7 Å². The van der Waals surface area contributed by atoms with Crippen molar-refractivity contribution < 1.29 is 0 Å². The SMILES string of the molecule is CCNC(c1ccc(Br)cc1C)C1CCCC(CC)C1. The quantitative estimate of drug-likeness (QED) is 0.734. The van der Waals surface area contributed by atoms with Gasteiger partial charge in [0.05, 0.1) is 0 Å². The molecule has 0 saturated heterocycles. The highest BCUT2D eigenvalue weighted by molar-refractivity contribution is 9.10. The molecule has 0 bridgehead atoms. The summed E-state index contributed by atoms with van der Waals surface area (Å²) >= 11 is 3.58. The molecule has 1 aromatic rings. The van der Waals surface area contributed by atoms with E-state index in [4.69, 9.17) is 0 Å². The van der Waals surface area contributed by atoms with Gasteiger partial charge in [0.25, 0.3) is 0 Å². The summed E-state index contributed by atoms with van der Waals surface area (Å²) in [7, 11) is 0. The van der Waals surface area contributed by atoms with Crippen molar-refractivity contribution in [2.45, 2.75) is 58.9 Å². The Bertz CT molecular complexity index is 429. The summed E-state index contributed by atoms with van der Waals surface area (Å²) < 4.78 is 1.18. The third-order valence-corrected chi connectivity index (χ3v) is 5.36. The average molecular weight is 338 g/mol. The summed E-state index contributed by atoms with van der Waals surface area (Å²) in [5, 5.41) is 3.76. The van der Waals surface area contributed by atoms with Gasteiger partial charge in [0.15, 0.2) is 0 Å². The summed E-state index contributed by atoms with van der Waals surface area (Å²) in [6.45, 7) is 7.86. The van der Waals surface area contributed by atoms with Gasteiger partial charge in [-0.25, -0.2) is 0 Å². The van der Waals surface area contributed by atoms with Crippen molar-refractivity contribution in [3.05, 3.63) is 33.8 Å². The predicted octanol–water partition coefficient (Wildman–Crippen LogP) is 5.62. The molecule has 1 nitrogen and oxygen atoms in total. The fourth-order valence-corrected chi connectivity index (χ4v) is 4.22. The van der Waals surface area contributed by atoms with Gasteiger partial charge in [-0.2, -0.15) is 0 Å². The van der Waals surface area contributed by atoms with E-state index in [1.54, 1.807) is 0 Å². The van der Waals surface area contributed by atoms with Crippen LogP contribution in [0.1, 0.15) is 63.1 Å². The summed E-state index contributed by atoms with van der Waals surface area (Å²) in [5.74, 6) is 1.74. The Hall–Kier alpha value is -0.340. The van der Waals surface area contributed by atoms with Crippen molar-refractivity contribution >= 4 is 15.9 Å². The van der Waals surface area contributed by atoms with Gasteiger partial charge in [0.1, 0.15) is 0 Å². The van der Waals surface area contributed by atoms with Gasteiger partial charge >= 0.3 is 0 Å². The summed E-state index contributed by atoms with van der Waals surface area (Å²) in [4.78, 5) is 0. The van der Waals surface area contributed by atoms with Crippen LogP contribution < -0.4 is 5.32 Å². The van der Waals surface area contributed by atoms with E-state index in [-0.39, 0.29) is 0 Å². The van der Waals surface area contributed by atoms with Crippen LogP contribution in [0.15, 0.2) is 22.7 Å². The molecule has 1 aromatic carbocycles. The van der Waals surface area contributed by atoms with Crippen LogP contribution in [-0.4, -0.2) is 6.54 Å². The van der Waals surface area contributed by atoms with E-state index in [1.807, 2.05) is 0 Å². The maximum absolute atomic E-state index is 3.76. The molecular formula is C18H28BrN. The summed E-state index contributed by atoms with van der Waals surface area (Å²) in [5.41, 5.74) is 2.90. The fourth-order valence-electron chi connectivity index (χ4n) is 3.74. The van der Waals surface area contributed by atoms with Crippen LogP contribution in [0.25, 0.3) is 0 Å². The van der Waals surface area contributed by atoms with Crippen molar-refractivity contribution in [2.75, 3.05) is 6.54 Å². The van der Waals surface area contributed by atoms with Crippen LogP contribution in [0, 0.1) is 18.8 Å². The topological polar surface area (TPSA) is 12.0 Å². The Kier molecular flexibility index (Phi) is 6.10. The zero-order valence-electron chi connectivity index (χ0n) is 13.1. The molecule has 20 heavy (non-hydrogen) atoms. The lowest BCUT2D eigenvalue weighted by Crippen LogP contribution is -2.32. The van der Waals surface area contributed by atoms with Gasteiger partial charge in [-0.15, -0.1) is 0 Å². The second-order valence-corrected chi connectivity index (χ2v) is 7.15. The van der Waals surface area contributed by atoms with Crippen LogP contribution in [0.5, 0.6) is 0 Å². The second-order valence-electron chi connectivity index (χ2n) is 6.24. The number of hydrogen-bond acceptors (Lipinski definition) is 1. The molecule has 1 aliphatic carbocycles. The van der Waals surface area contributed by atoms with Crippen LogP contribution in [0.4, 0.5) is 0 Å². The third kappa shape index (κ3) is 3.85. The molecular weight excluding hydrogens is 310 g/mol. The lowest BCUT2D eigenvalue weighted by atomic mass is 9.74. The van der Waals surface area contributed by atoms with Crippen LogP contribution in [0.3, 0.4) is 0 Å². The number of rotatable bonds is 5. The lowest BCUT2D eigenvalue weighted by Gasteiger charge is -2.35. The second kappa shape index (κ2) is 7.61. The number of benzene rings is 1. The average Bonchev–Trinajstić information content (AvgIpc) is 2.45. The van der Waals surface area contributed by atoms with Crippen molar-refractivity contribution in [2.24, 2.45) is 11.8 Å². The van der Waals surface area contributed by atoms with Crippen molar-refractivity contribution in [1.82, 2.24) is 5.32 Å². The maximum Gasteiger partial charge on any atom is 0.0351 e. The number of aryl methyl sites for hydroxylation is 1. The molecule has 1 fully saturated rings. The lowest BCUT2D eigenvalue weighted by molar-refractivity contribution is 0.210. The highest BCUT2D eigenvalue weighted by atomic mass is 79.9. The molecule has 0 aliphatic heterocycles. The molecule has 112 valence electrons. The molecule has 3 unspecified atom stereocenters. The first kappa shape index (κ1) is 16.0. The molecule has 1 N–H and O–H groups in total. The normalized spacial score (nSPS) is 24.6. The number of halogens is 1. The van der Waals surface area contributed by atoms with Gasteiger partial charge in [-0.05, 0) is 61.4 Å². The Balaban J connectivity index is 2.21. The molecule has 0 spiro atoms. The molecule has 3 atom stereocenters. The van der Waals surface area contributed by atoms with Crippen LogP contribution >= 0.6 is 15.9 Å². The highest BCUT2D eigenvalue weighted by Crippen LogP contribution is 2.39. The van der Waals surface area contributed by atoms with Gasteiger partial charge < -0.3 is 5.32 Å². The Morgan fingerprint density at radius 3 is 2.75 bits per heavy atom. The van der Waals surface area contributed by atoms with E-state index < -0.39 is 0 Å². The largest absolute Gasteiger partial charge is 0.310 e. The molecule has 0 amide bonds. The minimum atomic E-state index is 0.530. The Morgan fingerprint density at radius 2 is 2.10 bits per heavy atom. The zero-order chi connectivity index (χ0) is 14.5. The Morgan fingerprint density at radius 1 is 1.30 bits per heavy atom. The smallest absolute Gasteiger partial charge is 0.0351 e. The van der Waals surface area contributed by atoms with E-state index >= 15 is 0 Å². The number of hydrogen-bond donors (Lipinski definition) is 1. The van der Waals surface area contributed by atoms with Gasteiger partial charge in [0.2, 0.25) is 0 Å². The predicted molar refractivity (Wildman–Crippen MR) is 91.0 cm³/mol. The van der Waals surface area contributed by atoms with Gasteiger partial charge in [-0.3, -0.25) is 0 Å². The van der Waals surface area contributed by atoms with E-state index in [9.17, 15) is 0 Å². The van der Waals surface area contributed by atoms with Crippen molar-refractivity contribution in [1.29, 1.82) is 0 Å². The molecule has 1 aliphatic rings. The molecule has 0 aromatic heterocycles. The molecule has 1 saturated carbocycles. The molecule has 0 heterocycles. The number of nitrogens with one attached hydrogen (secondary N) is 1. The van der Waals surface area contributed by atoms with Gasteiger partial charge in [-0.1, -0.05) is 55.1 Å². The highest BCUT2D eigenvalue weighted by Gasteiger charge is 2.29. The fraction of sp³-hybridized carbons (Fsp3) is 0.667. The van der Waals surface area contributed by atoms with Crippen LogP contribution in [0.2, 0.25) is 0 Å². The van der Waals surface area contributed by atoms with E-state index in [2.05, 4.69) is 60.2 Å². The standard InChI is InChI=1S/C18H28BrN/c1-4-14-7-6-8-15(12-14)18(20-5-2)17-10-9-16(19)11-13(17)3/h9-11,14-15,18,20H,4-8,12H2,1-3H3. The van der Waals surface area contributed by atoms with E-state index in [0.29, 0.717) is 6.04 Å². The van der Waals surface area contributed by atoms with Crippen LogP contribution in [-0.2, 0) is 0 Å². The maximum atomic E-state index is 3.76. The first-order valence-corrected chi connectivity index (χ1v) is 8.94. The molecule has 0 radical (unpaired) electrons. The minimum absolute atomic E-state index is 0.530. The zero-order valence-corrected chi connectivity index (χ0v) is 14.7. The van der Waals surface area contributed by atoms with Gasteiger partial charge in [0, 0.05) is 10.5 Å². The monoisotopic (exact) mass is 337 g/mol. The summed E-state index contributed by atoms with van der Waals surface area (Å²) in [6.07, 6.45) is 6.95. The van der Waals surface area contributed by atoms with Crippen molar-refractivity contribution in [3.8, 4) is 0 Å². The third-order valence-electron chi connectivity index (χ3n) is 4.86. The Labute approximate surface area is 132 Å². The molecule has 2 heteroatoms. The minimum Gasteiger partial charge on any atom is -0.310 e. The summed E-state index contributed by atoms with van der Waals surface area (Å²) in [6, 6.07) is 7.27. The first-order chi connectivity index (χ1) is 9.65. The van der Waals surface area contributed by atoms with Crippen molar-refractivity contribution in [3.63, 3.8) is 0 Å². The van der Waals surface area contributed by atoms with E-state index in [0.717, 1.165) is 18.4 Å².